The average molecular weight is 177 g/mol. The number of H-pyrrole nitrogens is 1. The zero-order valence-corrected chi connectivity index (χ0v) is 6.64. The summed E-state index contributed by atoms with van der Waals surface area (Å²) >= 11 is 0. The molecule has 0 bridgehead atoms. The van der Waals surface area contributed by atoms with Crippen molar-refractivity contribution in [2.45, 2.75) is 0 Å². The molecule has 0 aliphatic heterocycles. The normalized spacial score (nSPS) is 10.2. The van der Waals surface area contributed by atoms with Crippen LogP contribution in [0.15, 0.2) is 35.1 Å². The Morgan fingerprint density at radius 2 is 2.00 bits per heavy atom. The van der Waals surface area contributed by atoms with Gasteiger partial charge >= 0.3 is 5.56 Å². The number of nitrogens with one attached hydrogen (secondary N) is 1. The number of hydrogen-bond donors (Lipinski definition) is 2. The molecule has 0 amide bonds. The molecule has 0 aliphatic carbocycles. The molecule has 0 spiro atoms. The van der Waals surface area contributed by atoms with Gasteiger partial charge in [0.05, 0.1) is 0 Å². The molecule has 0 saturated carbocycles. The summed E-state index contributed by atoms with van der Waals surface area (Å²) in [6.45, 7) is 0. The predicted molar refractivity (Wildman–Crippen MR) is 45.5 cm³/mol. The standard InChI is InChI=1S/C8H7N3O2/c12-8-7(9-10-11(8)13)6-4-2-1-3-5-6/h1-5,10,13H. The average Bonchev–Trinajstić information content (AvgIpc) is 2.49. The highest BCUT2D eigenvalue weighted by molar-refractivity contribution is 5.56. The largest absolute Gasteiger partial charge is 0.409 e. The fraction of sp³-hybridized carbons (Fsp3) is 0. The Morgan fingerprint density at radius 3 is 2.54 bits per heavy atom. The number of nitrogens with zero attached hydrogens (tertiary/aromatic N) is 2. The third-order valence-electron chi connectivity index (χ3n) is 1.70. The van der Waals surface area contributed by atoms with E-state index >= 15 is 0 Å². The summed E-state index contributed by atoms with van der Waals surface area (Å²) in [4.78, 5) is 11.5. The van der Waals surface area contributed by atoms with Gasteiger partial charge in [-0.3, -0.25) is 4.79 Å². The van der Waals surface area contributed by atoms with E-state index in [1.54, 1.807) is 24.3 Å². The zero-order valence-electron chi connectivity index (χ0n) is 6.64. The summed E-state index contributed by atoms with van der Waals surface area (Å²) in [6.07, 6.45) is 0. The molecule has 1 aromatic heterocycles. The van der Waals surface area contributed by atoms with Crippen LogP contribution < -0.4 is 5.56 Å². The second kappa shape index (κ2) is 2.78. The summed E-state index contributed by atoms with van der Waals surface area (Å²) in [5.74, 6) is 0. The van der Waals surface area contributed by atoms with Crippen molar-refractivity contribution in [3.8, 4) is 11.3 Å². The van der Waals surface area contributed by atoms with Gasteiger partial charge in [0.25, 0.3) is 0 Å². The smallest absolute Gasteiger partial charge is 0.330 e. The number of rotatable bonds is 1. The molecule has 0 fully saturated rings. The Labute approximate surface area is 73.2 Å². The molecule has 0 radical (unpaired) electrons. The van der Waals surface area contributed by atoms with Crippen LogP contribution >= 0.6 is 0 Å². The molecule has 0 unspecified atom stereocenters. The monoisotopic (exact) mass is 177 g/mol. The summed E-state index contributed by atoms with van der Waals surface area (Å²) in [7, 11) is 0. The summed E-state index contributed by atoms with van der Waals surface area (Å²) in [5.41, 5.74) is 0.339. The van der Waals surface area contributed by atoms with Gasteiger partial charge in [-0.25, -0.2) is 0 Å². The molecule has 0 atom stereocenters. The number of hydrogen-bond acceptors (Lipinski definition) is 3. The first-order chi connectivity index (χ1) is 6.29. The summed E-state index contributed by atoms with van der Waals surface area (Å²) < 4.78 is 0. The number of aromatic nitrogens is 3. The molecule has 5 heteroatoms. The highest BCUT2D eigenvalue weighted by Crippen LogP contribution is 2.09. The van der Waals surface area contributed by atoms with E-state index in [4.69, 9.17) is 5.21 Å². The molecular weight excluding hydrogens is 170 g/mol. The lowest BCUT2D eigenvalue weighted by Crippen LogP contribution is -2.14. The van der Waals surface area contributed by atoms with Crippen LogP contribution in [0.2, 0.25) is 0 Å². The first-order valence-electron chi connectivity index (χ1n) is 3.71. The minimum absolute atomic E-state index is 0.211. The highest BCUT2D eigenvalue weighted by Gasteiger charge is 2.08. The Kier molecular flexibility index (Phi) is 1.63. The predicted octanol–water partition coefficient (Wildman–Crippen LogP) is 0.476. The second-order valence-electron chi connectivity index (χ2n) is 2.54. The maximum Gasteiger partial charge on any atom is 0.330 e. The Bertz CT molecular complexity index is 458. The van der Waals surface area contributed by atoms with Crippen LogP contribution in [0.1, 0.15) is 0 Å². The topological polar surface area (TPSA) is 70.9 Å². The van der Waals surface area contributed by atoms with Crippen molar-refractivity contribution in [3.63, 3.8) is 0 Å². The second-order valence-corrected chi connectivity index (χ2v) is 2.54. The first kappa shape index (κ1) is 7.60. The summed E-state index contributed by atoms with van der Waals surface area (Å²) in [5, 5.41) is 14.7. The molecule has 0 aliphatic rings. The van der Waals surface area contributed by atoms with E-state index in [9.17, 15) is 4.79 Å². The van der Waals surface area contributed by atoms with Crippen LogP contribution in [0, 0.1) is 0 Å². The third kappa shape index (κ3) is 1.20. The van der Waals surface area contributed by atoms with Crippen molar-refractivity contribution in [2.75, 3.05) is 0 Å². The minimum atomic E-state index is -0.550. The van der Waals surface area contributed by atoms with E-state index in [0.717, 1.165) is 0 Å². The van der Waals surface area contributed by atoms with E-state index in [0.29, 0.717) is 10.4 Å². The van der Waals surface area contributed by atoms with Gasteiger partial charge < -0.3 is 5.21 Å². The SMILES string of the molecule is O=c1c(-c2ccccc2)n[nH]n1O. The van der Waals surface area contributed by atoms with E-state index in [-0.39, 0.29) is 5.69 Å². The fourth-order valence-electron chi connectivity index (χ4n) is 1.07. The molecule has 2 aromatic rings. The van der Waals surface area contributed by atoms with Crippen molar-refractivity contribution >= 4 is 0 Å². The van der Waals surface area contributed by atoms with Crippen LogP contribution in [0.3, 0.4) is 0 Å². The molecule has 0 saturated heterocycles. The van der Waals surface area contributed by atoms with Crippen molar-refractivity contribution in [3.05, 3.63) is 40.7 Å². The maximum absolute atomic E-state index is 11.2. The maximum atomic E-state index is 11.2. The van der Waals surface area contributed by atoms with Crippen molar-refractivity contribution in [2.24, 2.45) is 0 Å². The van der Waals surface area contributed by atoms with E-state index in [2.05, 4.69) is 10.3 Å². The van der Waals surface area contributed by atoms with Crippen molar-refractivity contribution in [1.29, 1.82) is 0 Å². The molecule has 2 N–H and O–H groups in total. The Morgan fingerprint density at radius 1 is 1.31 bits per heavy atom. The summed E-state index contributed by atoms with van der Waals surface area (Å²) in [6, 6.07) is 8.93. The Hall–Kier alpha value is -2.04. The Balaban J connectivity index is 2.60. The van der Waals surface area contributed by atoms with Gasteiger partial charge in [-0.1, -0.05) is 35.2 Å². The van der Waals surface area contributed by atoms with E-state index in [1.807, 2.05) is 6.07 Å². The van der Waals surface area contributed by atoms with E-state index < -0.39 is 5.56 Å². The van der Waals surface area contributed by atoms with Crippen LogP contribution in [-0.4, -0.2) is 20.4 Å². The van der Waals surface area contributed by atoms with Crippen molar-refractivity contribution in [1.82, 2.24) is 15.2 Å². The van der Waals surface area contributed by atoms with Gasteiger partial charge in [-0.15, -0.1) is 0 Å². The highest BCUT2D eigenvalue weighted by atomic mass is 16.5. The zero-order chi connectivity index (χ0) is 9.26. The van der Waals surface area contributed by atoms with Crippen molar-refractivity contribution < 1.29 is 5.21 Å². The van der Waals surface area contributed by atoms with Gasteiger partial charge in [-0.05, 0) is 0 Å². The molecule has 13 heavy (non-hydrogen) atoms. The lowest BCUT2D eigenvalue weighted by atomic mass is 10.2. The molecular formula is C8H7N3O2. The molecule has 1 heterocycles. The molecule has 1 aromatic carbocycles. The molecule has 2 rings (SSSR count). The fourth-order valence-corrected chi connectivity index (χ4v) is 1.07. The number of aromatic amines is 1. The molecule has 66 valence electrons. The lowest BCUT2D eigenvalue weighted by Gasteiger charge is -1.90. The van der Waals surface area contributed by atoms with Crippen LogP contribution in [0.5, 0.6) is 0 Å². The van der Waals surface area contributed by atoms with Gasteiger partial charge in [0.1, 0.15) is 0 Å². The van der Waals surface area contributed by atoms with Gasteiger partial charge in [0, 0.05) is 5.56 Å². The van der Waals surface area contributed by atoms with E-state index in [1.165, 1.54) is 0 Å². The first-order valence-corrected chi connectivity index (χ1v) is 3.71. The van der Waals surface area contributed by atoms with Crippen LogP contribution in [0.4, 0.5) is 0 Å². The third-order valence-corrected chi connectivity index (χ3v) is 1.70. The lowest BCUT2D eigenvalue weighted by molar-refractivity contribution is 0.134. The van der Waals surface area contributed by atoms with Gasteiger partial charge in [-0.2, -0.15) is 10.3 Å². The molecule has 5 nitrogen and oxygen atoms in total. The van der Waals surface area contributed by atoms with Crippen LogP contribution in [0.25, 0.3) is 11.3 Å². The number of benzene rings is 1. The van der Waals surface area contributed by atoms with Gasteiger partial charge in [0.15, 0.2) is 5.69 Å². The van der Waals surface area contributed by atoms with Crippen LogP contribution in [-0.2, 0) is 0 Å². The van der Waals surface area contributed by atoms with Gasteiger partial charge in [0.2, 0.25) is 0 Å². The minimum Gasteiger partial charge on any atom is -0.409 e. The quantitative estimate of drug-likeness (QED) is 0.622.